The lowest BCUT2D eigenvalue weighted by atomic mass is 9.43. The van der Waals surface area contributed by atoms with Gasteiger partial charge in [-0.3, -0.25) is 9.59 Å². The van der Waals surface area contributed by atoms with E-state index in [1.165, 1.54) is 6.42 Å². The zero-order valence-corrected chi connectivity index (χ0v) is 30.1. The molecule has 2 heterocycles. The van der Waals surface area contributed by atoms with Crippen molar-refractivity contribution < 1.29 is 28.1 Å². The van der Waals surface area contributed by atoms with E-state index in [1.807, 2.05) is 31.4 Å². The Kier molecular flexibility index (Phi) is 10.7. The molecule has 0 aromatic carbocycles. The Hall–Kier alpha value is -1.20. The molecule has 4 aliphatic rings. The van der Waals surface area contributed by atoms with Crippen LogP contribution in [0.25, 0.3) is 0 Å². The van der Waals surface area contributed by atoms with Crippen molar-refractivity contribution in [2.75, 3.05) is 6.61 Å². The SMILES string of the molecule is CC(C)COC(=O)CC(CCCC(NC(=O)Cc1cccs1)B1O[C@@H]2C[C@@H]3C[C@@H](C3(C)C)[C@]2(C)O1)O[Si](C)(C)C(C)(C)C. The summed E-state index contributed by atoms with van der Waals surface area (Å²) in [6.45, 7) is 22.5. The van der Waals surface area contributed by atoms with Gasteiger partial charge in [0.05, 0.1) is 43.2 Å². The molecule has 6 atom stereocenters. The molecule has 3 aliphatic carbocycles. The van der Waals surface area contributed by atoms with Crippen LogP contribution in [-0.4, -0.2) is 57.7 Å². The van der Waals surface area contributed by atoms with E-state index in [4.69, 9.17) is 18.5 Å². The van der Waals surface area contributed by atoms with Gasteiger partial charge in [-0.25, -0.2) is 0 Å². The number of hydrogen-bond donors (Lipinski definition) is 1. The Bertz CT molecular complexity index is 1110. The standard InChI is InChI=1S/C33H56BNO6SSi/c1-22(2)21-38-30(37)19-24(40-43(9,10)31(3,4)5)13-11-15-28(35-29(36)20-25-14-12-16-42-25)34-39-27-18-23-17-26(32(23,6)7)33(27,8)41-34/h12,14,16,22-24,26-28H,11,13,15,17-21H2,1-10H3,(H,35,36)/t23-,24?,26-,27+,28?,33-/m0/s1. The Morgan fingerprint density at radius 1 is 1.19 bits per heavy atom. The minimum Gasteiger partial charge on any atom is -0.465 e. The number of hydrogen-bond acceptors (Lipinski definition) is 7. The summed E-state index contributed by atoms with van der Waals surface area (Å²) in [5, 5.41) is 5.31. The molecular formula is C33H56BNO6SSi. The number of esters is 1. The predicted octanol–water partition coefficient (Wildman–Crippen LogP) is 7.19. The molecule has 5 rings (SSSR count). The summed E-state index contributed by atoms with van der Waals surface area (Å²) in [6.07, 6.45) is 4.74. The molecule has 1 aliphatic heterocycles. The zero-order valence-electron chi connectivity index (χ0n) is 28.3. The van der Waals surface area contributed by atoms with E-state index in [2.05, 4.69) is 60.0 Å². The number of rotatable bonds is 14. The van der Waals surface area contributed by atoms with Crippen LogP contribution in [0, 0.1) is 23.2 Å². The molecular weight excluding hydrogens is 577 g/mol. The van der Waals surface area contributed by atoms with Crippen LogP contribution in [0.1, 0.15) is 98.8 Å². The van der Waals surface area contributed by atoms with Crippen LogP contribution in [0.4, 0.5) is 0 Å². The van der Waals surface area contributed by atoms with Gasteiger partial charge in [0.2, 0.25) is 5.91 Å². The summed E-state index contributed by atoms with van der Waals surface area (Å²) in [6, 6.07) is 3.97. The summed E-state index contributed by atoms with van der Waals surface area (Å²) in [5.74, 6) is 0.895. The highest BCUT2D eigenvalue weighted by Gasteiger charge is 2.68. The smallest absolute Gasteiger partial charge is 0.465 e. The van der Waals surface area contributed by atoms with E-state index in [1.54, 1.807) is 11.3 Å². The molecule has 1 aromatic heterocycles. The molecule has 0 spiro atoms. The van der Waals surface area contributed by atoms with Gasteiger partial charge in [0.15, 0.2) is 8.32 Å². The minimum absolute atomic E-state index is 0.0179. The third-order valence-corrected chi connectivity index (χ3v) is 16.3. The zero-order chi connectivity index (χ0) is 31.8. The third kappa shape index (κ3) is 7.97. The van der Waals surface area contributed by atoms with E-state index in [-0.39, 0.29) is 58.4 Å². The largest absolute Gasteiger partial charge is 0.481 e. The van der Waals surface area contributed by atoms with Crippen molar-refractivity contribution in [3.05, 3.63) is 22.4 Å². The van der Waals surface area contributed by atoms with Crippen molar-refractivity contribution in [2.24, 2.45) is 23.2 Å². The average molecular weight is 634 g/mol. The second-order valence-electron chi connectivity index (χ2n) is 16.0. The van der Waals surface area contributed by atoms with E-state index in [0.29, 0.717) is 37.7 Å². The van der Waals surface area contributed by atoms with Crippen LogP contribution < -0.4 is 5.32 Å². The quantitative estimate of drug-likeness (QED) is 0.173. The van der Waals surface area contributed by atoms with E-state index < -0.39 is 15.4 Å². The highest BCUT2D eigenvalue weighted by Crippen LogP contribution is 2.65. The third-order valence-electron chi connectivity index (χ3n) is 10.8. The molecule has 10 heteroatoms. The highest BCUT2D eigenvalue weighted by atomic mass is 32.1. The molecule has 3 saturated carbocycles. The monoisotopic (exact) mass is 633 g/mol. The van der Waals surface area contributed by atoms with Crippen LogP contribution >= 0.6 is 11.3 Å². The number of amides is 1. The van der Waals surface area contributed by atoms with Crippen LogP contribution in [0.3, 0.4) is 0 Å². The maximum Gasteiger partial charge on any atom is 0.481 e. The minimum atomic E-state index is -2.12. The summed E-state index contributed by atoms with van der Waals surface area (Å²) in [7, 11) is -2.61. The molecule has 1 N–H and O–H groups in total. The molecule has 1 saturated heterocycles. The second-order valence-corrected chi connectivity index (χ2v) is 21.8. The van der Waals surface area contributed by atoms with Crippen molar-refractivity contribution in [1.82, 2.24) is 5.32 Å². The maximum atomic E-state index is 13.2. The van der Waals surface area contributed by atoms with Gasteiger partial charge in [-0.05, 0) is 91.8 Å². The lowest BCUT2D eigenvalue weighted by Crippen LogP contribution is -2.65. The molecule has 2 bridgehead atoms. The molecule has 242 valence electrons. The normalized spacial score (nSPS) is 27.8. The summed E-state index contributed by atoms with van der Waals surface area (Å²) >= 11 is 1.59. The highest BCUT2D eigenvalue weighted by molar-refractivity contribution is 7.10. The Morgan fingerprint density at radius 3 is 2.51 bits per heavy atom. The van der Waals surface area contributed by atoms with Crippen LogP contribution in [0.15, 0.2) is 17.5 Å². The number of ether oxygens (including phenoxy) is 1. The van der Waals surface area contributed by atoms with Gasteiger partial charge >= 0.3 is 13.1 Å². The van der Waals surface area contributed by atoms with Gasteiger partial charge in [0.25, 0.3) is 0 Å². The molecule has 0 radical (unpaired) electrons. The molecule has 2 unspecified atom stereocenters. The van der Waals surface area contributed by atoms with Gasteiger partial charge in [0, 0.05) is 4.88 Å². The number of thiophene rings is 1. The van der Waals surface area contributed by atoms with Gasteiger partial charge < -0.3 is 23.8 Å². The molecule has 4 fully saturated rings. The Labute approximate surface area is 265 Å². The van der Waals surface area contributed by atoms with Crippen molar-refractivity contribution in [1.29, 1.82) is 0 Å². The average Bonchev–Trinajstić information content (AvgIpc) is 3.52. The lowest BCUT2D eigenvalue weighted by Gasteiger charge is -2.64. The number of nitrogens with one attached hydrogen (secondary N) is 1. The predicted molar refractivity (Wildman–Crippen MR) is 176 cm³/mol. The molecule has 43 heavy (non-hydrogen) atoms. The Morgan fingerprint density at radius 2 is 1.91 bits per heavy atom. The first-order chi connectivity index (χ1) is 19.9. The first-order valence-corrected chi connectivity index (χ1v) is 20.2. The van der Waals surface area contributed by atoms with Gasteiger partial charge in [-0.1, -0.05) is 54.5 Å². The molecule has 1 amide bonds. The fourth-order valence-corrected chi connectivity index (χ4v) is 9.13. The van der Waals surface area contributed by atoms with Crippen molar-refractivity contribution in [3.8, 4) is 0 Å². The first kappa shape index (κ1) is 34.7. The van der Waals surface area contributed by atoms with Crippen LogP contribution in [0.2, 0.25) is 18.1 Å². The number of carbonyl (C=O) groups is 2. The van der Waals surface area contributed by atoms with Crippen LogP contribution in [0.5, 0.6) is 0 Å². The van der Waals surface area contributed by atoms with Crippen molar-refractivity contribution in [2.45, 2.75) is 142 Å². The maximum absolute atomic E-state index is 13.2. The molecule has 7 nitrogen and oxygen atoms in total. The van der Waals surface area contributed by atoms with E-state index in [9.17, 15) is 9.59 Å². The summed E-state index contributed by atoms with van der Waals surface area (Å²) in [5.41, 5.74) is -0.0896. The van der Waals surface area contributed by atoms with E-state index >= 15 is 0 Å². The number of carbonyl (C=O) groups excluding carboxylic acids is 2. The summed E-state index contributed by atoms with van der Waals surface area (Å²) in [4.78, 5) is 27.0. The molecule has 1 aromatic rings. The Balaban J connectivity index is 1.45. The topological polar surface area (TPSA) is 83.1 Å². The fourth-order valence-electron chi connectivity index (χ4n) is 7.04. The fraction of sp³-hybridized carbons (Fsp3) is 0.818. The van der Waals surface area contributed by atoms with Crippen molar-refractivity contribution in [3.63, 3.8) is 0 Å². The van der Waals surface area contributed by atoms with Crippen LogP contribution in [-0.2, 0) is 34.5 Å². The van der Waals surface area contributed by atoms with Gasteiger partial charge in [-0.15, -0.1) is 11.3 Å². The van der Waals surface area contributed by atoms with Crippen molar-refractivity contribution >= 4 is 38.6 Å². The lowest BCUT2D eigenvalue weighted by molar-refractivity contribution is -0.199. The van der Waals surface area contributed by atoms with Gasteiger partial charge in [-0.2, -0.15) is 0 Å². The van der Waals surface area contributed by atoms with Gasteiger partial charge in [0.1, 0.15) is 0 Å². The first-order valence-electron chi connectivity index (χ1n) is 16.4. The van der Waals surface area contributed by atoms with E-state index in [0.717, 1.165) is 17.7 Å². The summed E-state index contributed by atoms with van der Waals surface area (Å²) < 4.78 is 25.7. The second kappa shape index (κ2) is 13.3.